The molecule has 110 valence electrons. The Morgan fingerprint density at radius 2 is 1.95 bits per heavy atom. The van der Waals surface area contributed by atoms with Crippen molar-refractivity contribution in [1.29, 1.82) is 0 Å². The normalized spacial score (nSPS) is 12.2. The Kier molecular flexibility index (Phi) is 2.97. The summed E-state index contributed by atoms with van der Waals surface area (Å²) in [5.74, 6) is 1.16. The Morgan fingerprint density at radius 3 is 2.57 bits per heavy atom. The quantitative estimate of drug-likeness (QED) is 0.725. The first-order chi connectivity index (χ1) is 9.86. The van der Waals surface area contributed by atoms with Crippen molar-refractivity contribution in [3.8, 4) is 0 Å². The van der Waals surface area contributed by atoms with Gasteiger partial charge in [0.15, 0.2) is 5.58 Å². The van der Waals surface area contributed by atoms with Gasteiger partial charge >= 0.3 is 5.69 Å². The lowest BCUT2D eigenvalue weighted by molar-refractivity contribution is 0.339. The smallest absolute Gasteiger partial charge is 0.346 e. The molecule has 0 radical (unpaired) electrons. The third-order valence-corrected chi connectivity index (χ3v) is 3.31. The molecule has 0 saturated heterocycles. The van der Waals surface area contributed by atoms with E-state index in [0.29, 0.717) is 11.7 Å². The van der Waals surface area contributed by atoms with Crippen LogP contribution in [0.4, 0.5) is 0 Å². The van der Waals surface area contributed by atoms with Crippen LogP contribution in [0.15, 0.2) is 33.5 Å². The zero-order chi connectivity index (χ0) is 15.2. The summed E-state index contributed by atoms with van der Waals surface area (Å²) in [6, 6.07) is 7.55. The predicted molar refractivity (Wildman–Crippen MR) is 79.3 cm³/mol. The SMILES string of the molecule is Cc1nn(C(C)(C)C)c(=O)n1Cc1nc2ccccc2o1. The van der Waals surface area contributed by atoms with Crippen molar-refractivity contribution >= 4 is 11.1 Å². The van der Waals surface area contributed by atoms with E-state index in [4.69, 9.17) is 4.42 Å². The number of hydrogen-bond acceptors (Lipinski definition) is 4. The molecule has 0 atom stereocenters. The summed E-state index contributed by atoms with van der Waals surface area (Å²) in [7, 11) is 0. The molecule has 1 aromatic carbocycles. The molecule has 0 aliphatic carbocycles. The molecule has 6 nitrogen and oxygen atoms in total. The van der Waals surface area contributed by atoms with E-state index in [-0.39, 0.29) is 17.8 Å². The van der Waals surface area contributed by atoms with Gasteiger partial charge in [-0.25, -0.2) is 14.5 Å². The number of rotatable bonds is 2. The molecule has 21 heavy (non-hydrogen) atoms. The number of aromatic nitrogens is 4. The van der Waals surface area contributed by atoms with Crippen molar-refractivity contribution in [3.63, 3.8) is 0 Å². The average molecular weight is 286 g/mol. The first-order valence-corrected chi connectivity index (χ1v) is 6.87. The Labute approximate surface area is 122 Å². The van der Waals surface area contributed by atoms with Gasteiger partial charge in [-0.15, -0.1) is 0 Å². The summed E-state index contributed by atoms with van der Waals surface area (Å²) in [6.45, 7) is 7.95. The maximum Gasteiger partial charge on any atom is 0.346 e. The topological polar surface area (TPSA) is 65.8 Å². The van der Waals surface area contributed by atoms with Gasteiger partial charge in [-0.2, -0.15) is 5.10 Å². The highest BCUT2D eigenvalue weighted by atomic mass is 16.3. The van der Waals surface area contributed by atoms with Crippen LogP contribution >= 0.6 is 0 Å². The number of aryl methyl sites for hydroxylation is 1. The van der Waals surface area contributed by atoms with E-state index in [9.17, 15) is 4.79 Å². The monoisotopic (exact) mass is 286 g/mol. The lowest BCUT2D eigenvalue weighted by atomic mass is 10.1. The highest BCUT2D eigenvalue weighted by molar-refractivity contribution is 5.72. The van der Waals surface area contributed by atoms with Gasteiger partial charge in [0.2, 0.25) is 5.89 Å². The van der Waals surface area contributed by atoms with Gasteiger partial charge < -0.3 is 4.42 Å². The van der Waals surface area contributed by atoms with Gasteiger partial charge in [-0.05, 0) is 39.8 Å². The minimum atomic E-state index is -0.353. The third-order valence-electron chi connectivity index (χ3n) is 3.31. The summed E-state index contributed by atoms with van der Waals surface area (Å²) < 4.78 is 8.74. The maximum absolute atomic E-state index is 12.4. The van der Waals surface area contributed by atoms with E-state index in [1.165, 1.54) is 4.68 Å². The van der Waals surface area contributed by atoms with Crippen LogP contribution in [-0.2, 0) is 12.1 Å². The molecule has 0 bridgehead atoms. The average Bonchev–Trinajstić information content (AvgIpc) is 2.93. The van der Waals surface area contributed by atoms with Gasteiger partial charge in [-0.3, -0.25) is 4.57 Å². The molecular weight excluding hydrogens is 268 g/mol. The van der Waals surface area contributed by atoms with Crippen LogP contribution in [0, 0.1) is 6.92 Å². The fourth-order valence-electron chi connectivity index (χ4n) is 2.24. The van der Waals surface area contributed by atoms with Gasteiger partial charge in [-0.1, -0.05) is 12.1 Å². The maximum atomic E-state index is 12.4. The molecular formula is C15H18N4O2. The Morgan fingerprint density at radius 1 is 1.24 bits per heavy atom. The van der Waals surface area contributed by atoms with Crippen molar-refractivity contribution in [3.05, 3.63) is 46.5 Å². The third kappa shape index (κ3) is 2.37. The second kappa shape index (κ2) is 4.58. The summed E-state index contributed by atoms with van der Waals surface area (Å²) in [5, 5.41) is 4.33. The van der Waals surface area contributed by atoms with Crippen molar-refractivity contribution in [2.75, 3.05) is 0 Å². The van der Waals surface area contributed by atoms with Crippen molar-refractivity contribution in [2.24, 2.45) is 0 Å². The van der Waals surface area contributed by atoms with Crippen molar-refractivity contribution in [1.82, 2.24) is 19.3 Å². The van der Waals surface area contributed by atoms with Gasteiger partial charge in [0.05, 0.1) is 5.54 Å². The van der Waals surface area contributed by atoms with Crippen LogP contribution in [0.1, 0.15) is 32.5 Å². The number of hydrogen-bond donors (Lipinski definition) is 0. The highest BCUT2D eigenvalue weighted by Crippen LogP contribution is 2.16. The van der Waals surface area contributed by atoms with E-state index in [1.54, 1.807) is 4.57 Å². The molecule has 0 N–H and O–H groups in total. The van der Waals surface area contributed by atoms with E-state index in [2.05, 4.69) is 10.1 Å². The molecule has 2 aromatic heterocycles. The van der Waals surface area contributed by atoms with Crippen molar-refractivity contribution < 1.29 is 4.42 Å². The summed E-state index contributed by atoms with van der Waals surface area (Å²) in [4.78, 5) is 16.8. The zero-order valence-electron chi connectivity index (χ0n) is 12.6. The van der Waals surface area contributed by atoms with E-state index < -0.39 is 0 Å². The van der Waals surface area contributed by atoms with Gasteiger partial charge in [0.1, 0.15) is 17.9 Å². The number of nitrogens with zero attached hydrogens (tertiary/aromatic N) is 4. The number of benzene rings is 1. The second-order valence-electron chi connectivity index (χ2n) is 6.07. The number of fused-ring (bicyclic) bond motifs is 1. The Hall–Kier alpha value is -2.37. The molecule has 3 rings (SSSR count). The standard InChI is InChI=1S/C15H18N4O2/c1-10-17-19(15(2,3)4)14(20)18(10)9-13-16-11-7-5-6-8-12(11)21-13/h5-8H,9H2,1-4H3. The lowest BCUT2D eigenvalue weighted by Crippen LogP contribution is -2.36. The molecule has 0 unspecified atom stereocenters. The second-order valence-corrected chi connectivity index (χ2v) is 6.07. The van der Waals surface area contributed by atoms with Crippen LogP contribution in [0.5, 0.6) is 0 Å². The van der Waals surface area contributed by atoms with Crippen LogP contribution in [0.2, 0.25) is 0 Å². The van der Waals surface area contributed by atoms with Gasteiger partial charge in [0, 0.05) is 0 Å². The number of oxazole rings is 1. The predicted octanol–water partition coefficient (Wildman–Crippen LogP) is 2.30. The first kappa shape index (κ1) is 13.6. The molecule has 0 amide bonds. The summed E-state index contributed by atoms with van der Waals surface area (Å²) >= 11 is 0. The molecule has 0 fully saturated rings. The fourth-order valence-corrected chi connectivity index (χ4v) is 2.24. The Balaban J connectivity index is 2.02. The lowest BCUT2D eigenvalue weighted by Gasteiger charge is -2.16. The van der Waals surface area contributed by atoms with Crippen LogP contribution in [0.3, 0.4) is 0 Å². The molecule has 0 saturated carbocycles. The molecule has 2 heterocycles. The van der Waals surface area contributed by atoms with E-state index >= 15 is 0 Å². The minimum absolute atomic E-state index is 0.151. The molecule has 3 aromatic rings. The fraction of sp³-hybridized carbons (Fsp3) is 0.400. The zero-order valence-corrected chi connectivity index (χ0v) is 12.6. The highest BCUT2D eigenvalue weighted by Gasteiger charge is 2.21. The molecule has 0 spiro atoms. The van der Waals surface area contributed by atoms with Crippen molar-refractivity contribution in [2.45, 2.75) is 39.8 Å². The van der Waals surface area contributed by atoms with Crippen LogP contribution < -0.4 is 5.69 Å². The molecule has 6 heteroatoms. The largest absolute Gasteiger partial charge is 0.439 e. The Bertz CT molecular complexity index is 816. The first-order valence-electron chi connectivity index (χ1n) is 6.87. The van der Waals surface area contributed by atoms with E-state index in [1.807, 2.05) is 52.0 Å². The minimum Gasteiger partial charge on any atom is -0.439 e. The summed E-state index contributed by atoms with van der Waals surface area (Å²) in [5.41, 5.74) is 1.01. The molecule has 0 aliphatic heterocycles. The molecule has 0 aliphatic rings. The van der Waals surface area contributed by atoms with Crippen LogP contribution in [0.25, 0.3) is 11.1 Å². The summed E-state index contributed by atoms with van der Waals surface area (Å²) in [6.07, 6.45) is 0. The van der Waals surface area contributed by atoms with E-state index in [0.717, 1.165) is 11.1 Å². The number of para-hydroxylation sites is 2. The van der Waals surface area contributed by atoms with Gasteiger partial charge in [0.25, 0.3) is 0 Å². The van der Waals surface area contributed by atoms with Crippen LogP contribution in [-0.4, -0.2) is 19.3 Å².